The molecule has 0 bridgehead atoms. The van der Waals surface area contributed by atoms with E-state index in [9.17, 15) is 14.4 Å². The Morgan fingerprint density at radius 1 is 0.840 bits per heavy atom. The van der Waals surface area contributed by atoms with Gasteiger partial charge < -0.3 is 10.8 Å². The van der Waals surface area contributed by atoms with E-state index in [2.05, 4.69) is 12.2 Å². The number of carboxylic acid groups (broad SMARTS) is 1. The zero-order valence-electron chi connectivity index (χ0n) is 15.7. The second kappa shape index (κ2) is 16.1. The standard InChI is InChI=1S/C19H36N2O4/c1-2-3-4-5-6-7-8-9-10-11-12-13-17(22)21-19(25)16(20)14-15-18(23)24/h16H,2-15,20H2,1H3,(H,23,24)(H,21,22,25)/t16-/m0/s1. The minimum Gasteiger partial charge on any atom is -0.481 e. The molecule has 0 heterocycles. The summed E-state index contributed by atoms with van der Waals surface area (Å²) in [6.45, 7) is 2.23. The van der Waals surface area contributed by atoms with Crippen LogP contribution in [0.5, 0.6) is 0 Å². The molecule has 0 aromatic carbocycles. The van der Waals surface area contributed by atoms with Crippen LogP contribution in [0.25, 0.3) is 0 Å². The van der Waals surface area contributed by atoms with Gasteiger partial charge in [0.25, 0.3) is 0 Å². The number of amides is 2. The molecule has 0 aliphatic rings. The highest BCUT2D eigenvalue weighted by molar-refractivity contribution is 5.97. The zero-order chi connectivity index (χ0) is 18.9. The molecule has 0 aliphatic heterocycles. The number of nitrogens with one attached hydrogen (secondary N) is 1. The number of rotatable bonds is 16. The molecular formula is C19H36N2O4. The van der Waals surface area contributed by atoms with Gasteiger partial charge in [0.1, 0.15) is 0 Å². The average molecular weight is 357 g/mol. The van der Waals surface area contributed by atoms with Crippen molar-refractivity contribution in [1.29, 1.82) is 0 Å². The molecule has 0 unspecified atom stereocenters. The Balaban J connectivity index is 3.48. The third-order valence-corrected chi connectivity index (χ3v) is 4.28. The molecule has 6 heteroatoms. The van der Waals surface area contributed by atoms with E-state index in [1.54, 1.807) is 0 Å². The molecule has 0 radical (unpaired) electrons. The fourth-order valence-electron chi connectivity index (χ4n) is 2.65. The van der Waals surface area contributed by atoms with Crippen LogP contribution < -0.4 is 11.1 Å². The van der Waals surface area contributed by atoms with E-state index in [4.69, 9.17) is 10.8 Å². The third kappa shape index (κ3) is 15.8. The Morgan fingerprint density at radius 2 is 1.32 bits per heavy atom. The van der Waals surface area contributed by atoms with Crippen molar-refractivity contribution in [2.75, 3.05) is 0 Å². The predicted molar refractivity (Wildman–Crippen MR) is 99.1 cm³/mol. The Morgan fingerprint density at radius 3 is 1.80 bits per heavy atom. The number of nitrogens with two attached hydrogens (primary N) is 1. The first-order valence-electron chi connectivity index (χ1n) is 9.78. The van der Waals surface area contributed by atoms with Gasteiger partial charge in [-0.2, -0.15) is 0 Å². The van der Waals surface area contributed by atoms with Gasteiger partial charge in [-0.15, -0.1) is 0 Å². The lowest BCUT2D eigenvalue weighted by Crippen LogP contribution is -2.43. The molecule has 6 nitrogen and oxygen atoms in total. The number of hydrogen-bond acceptors (Lipinski definition) is 4. The van der Waals surface area contributed by atoms with E-state index in [-0.39, 0.29) is 18.7 Å². The molecular weight excluding hydrogens is 320 g/mol. The van der Waals surface area contributed by atoms with Crippen molar-refractivity contribution in [3.05, 3.63) is 0 Å². The van der Waals surface area contributed by atoms with E-state index in [1.165, 1.54) is 51.4 Å². The molecule has 0 aliphatic carbocycles. The van der Waals surface area contributed by atoms with Crippen LogP contribution in [0.4, 0.5) is 0 Å². The first kappa shape index (κ1) is 23.6. The van der Waals surface area contributed by atoms with E-state index < -0.39 is 17.9 Å². The van der Waals surface area contributed by atoms with Crippen LogP contribution in [0, 0.1) is 0 Å². The van der Waals surface area contributed by atoms with Crippen molar-refractivity contribution < 1.29 is 19.5 Å². The zero-order valence-corrected chi connectivity index (χ0v) is 15.7. The smallest absolute Gasteiger partial charge is 0.303 e. The second-order valence-electron chi connectivity index (χ2n) is 6.74. The number of unbranched alkanes of at least 4 members (excludes halogenated alkanes) is 10. The minimum atomic E-state index is -1.00. The van der Waals surface area contributed by atoms with Gasteiger partial charge in [0.2, 0.25) is 11.8 Å². The monoisotopic (exact) mass is 356 g/mol. The Kier molecular flexibility index (Phi) is 15.1. The van der Waals surface area contributed by atoms with E-state index in [1.807, 2.05) is 0 Å². The third-order valence-electron chi connectivity index (χ3n) is 4.28. The van der Waals surface area contributed by atoms with Gasteiger partial charge in [-0.05, 0) is 12.8 Å². The number of aliphatic carboxylic acids is 1. The van der Waals surface area contributed by atoms with Crippen LogP contribution >= 0.6 is 0 Å². The lowest BCUT2D eigenvalue weighted by atomic mass is 10.1. The Labute approximate surface area is 151 Å². The molecule has 0 spiro atoms. The van der Waals surface area contributed by atoms with Crippen molar-refractivity contribution in [1.82, 2.24) is 5.32 Å². The van der Waals surface area contributed by atoms with Crippen LogP contribution in [0.15, 0.2) is 0 Å². The highest BCUT2D eigenvalue weighted by Crippen LogP contribution is 2.11. The van der Waals surface area contributed by atoms with Gasteiger partial charge in [0.15, 0.2) is 0 Å². The van der Waals surface area contributed by atoms with E-state index in [0.29, 0.717) is 6.42 Å². The van der Waals surface area contributed by atoms with Gasteiger partial charge in [-0.25, -0.2) is 0 Å². The van der Waals surface area contributed by atoms with Crippen molar-refractivity contribution in [2.45, 2.75) is 103 Å². The molecule has 146 valence electrons. The molecule has 25 heavy (non-hydrogen) atoms. The summed E-state index contributed by atoms with van der Waals surface area (Å²) in [6, 6.07) is -0.947. The molecule has 0 saturated heterocycles. The number of imide groups is 1. The van der Waals surface area contributed by atoms with Crippen molar-refractivity contribution in [3.8, 4) is 0 Å². The first-order valence-corrected chi connectivity index (χ1v) is 9.78. The molecule has 4 N–H and O–H groups in total. The topological polar surface area (TPSA) is 109 Å². The van der Waals surface area contributed by atoms with Gasteiger partial charge in [-0.3, -0.25) is 19.7 Å². The fraction of sp³-hybridized carbons (Fsp3) is 0.842. The summed E-state index contributed by atoms with van der Waals surface area (Å²) in [6.07, 6.45) is 13.5. The summed E-state index contributed by atoms with van der Waals surface area (Å²) in [4.78, 5) is 33.7. The largest absolute Gasteiger partial charge is 0.481 e. The van der Waals surface area contributed by atoms with Crippen molar-refractivity contribution in [3.63, 3.8) is 0 Å². The summed E-state index contributed by atoms with van der Waals surface area (Å²) in [7, 11) is 0. The maximum Gasteiger partial charge on any atom is 0.303 e. The van der Waals surface area contributed by atoms with Gasteiger partial charge in [-0.1, -0.05) is 71.1 Å². The predicted octanol–water partition coefficient (Wildman–Crippen LogP) is 3.52. The Bertz CT molecular complexity index is 386. The molecule has 0 aromatic rings. The maximum atomic E-state index is 11.7. The highest BCUT2D eigenvalue weighted by Gasteiger charge is 2.17. The number of carboxylic acids is 1. The van der Waals surface area contributed by atoms with Crippen molar-refractivity contribution in [2.24, 2.45) is 5.73 Å². The van der Waals surface area contributed by atoms with Gasteiger partial charge in [0.05, 0.1) is 6.04 Å². The SMILES string of the molecule is CCCCCCCCCCCCCC(=O)NC(=O)[C@@H](N)CCC(=O)O. The maximum absolute atomic E-state index is 11.7. The van der Waals surface area contributed by atoms with Crippen LogP contribution in [0.3, 0.4) is 0 Å². The highest BCUT2D eigenvalue weighted by atomic mass is 16.4. The average Bonchev–Trinajstić information content (AvgIpc) is 2.57. The summed E-state index contributed by atoms with van der Waals surface area (Å²) in [5.41, 5.74) is 5.55. The molecule has 0 saturated carbocycles. The van der Waals surface area contributed by atoms with Crippen LogP contribution in [0.2, 0.25) is 0 Å². The minimum absolute atomic E-state index is 0.0346. The van der Waals surface area contributed by atoms with Crippen LogP contribution in [0.1, 0.15) is 96.8 Å². The van der Waals surface area contributed by atoms with Crippen LogP contribution in [-0.4, -0.2) is 28.9 Å². The summed E-state index contributed by atoms with van der Waals surface area (Å²) in [5.74, 6) is -1.92. The molecule has 0 rings (SSSR count). The summed E-state index contributed by atoms with van der Waals surface area (Å²) in [5, 5.41) is 10.8. The van der Waals surface area contributed by atoms with E-state index in [0.717, 1.165) is 19.3 Å². The summed E-state index contributed by atoms with van der Waals surface area (Å²) < 4.78 is 0. The lowest BCUT2D eigenvalue weighted by Gasteiger charge is -2.10. The number of carbonyl (C=O) groups excluding carboxylic acids is 2. The van der Waals surface area contributed by atoms with Crippen molar-refractivity contribution >= 4 is 17.8 Å². The molecule has 0 fully saturated rings. The number of hydrogen-bond donors (Lipinski definition) is 3. The fourth-order valence-corrected chi connectivity index (χ4v) is 2.65. The quantitative estimate of drug-likeness (QED) is 0.367. The molecule has 0 aromatic heterocycles. The summed E-state index contributed by atoms with van der Waals surface area (Å²) >= 11 is 0. The van der Waals surface area contributed by atoms with Gasteiger partial charge >= 0.3 is 5.97 Å². The second-order valence-corrected chi connectivity index (χ2v) is 6.74. The van der Waals surface area contributed by atoms with Crippen LogP contribution in [-0.2, 0) is 14.4 Å². The molecule has 2 amide bonds. The lowest BCUT2D eigenvalue weighted by molar-refractivity contribution is -0.137. The first-order chi connectivity index (χ1) is 12.0. The Hall–Kier alpha value is -1.43. The van der Waals surface area contributed by atoms with Gasteiger partial charge in [0, 0.05) is 12.8 Å². The normalized spacial score (nSPS) is 11.9. The van der Waals surface area contributed by atoms with E-state index >= 15 is 0 Å². The molecule has 1 atom stereocenters. The number of carbonyl (C=O) groups is 3.